The Kier molecular flexibility index (Phi) is 9.36. The van der Waals surface area contributed by atoms with Crippen LogP contribution in [0.25, 0.3) is 0 Å². The highest BCUT2D eigenvalue weighted by Crippen LogP contribution is 2.19. The van der Waals surface area contributed by atoms with Crippen molar-refractivity contribution in [1.29, 1.82) is 0 Å². The van der Waals surface area contributed by atoms with Crippen LogP contribution in [0.1, 0.15) is 72.1 Å². The Bertz CT molecular complexity index is 178. The topological polar surface area (TPSA) is 43.1 Å². The minimum Gasteiger partial charge on any atom is -0.369 e. The Hall–Kier alpha value is -0.530. The van der Waals surface area contributed by atoms with Crippen molar-refractivity contribution in [3.05, 3.63) is 0 Å². The summed E-state index contributed by atoms with van der Waals surface area (Å²) >= 11 is 0. The molecule has 2 nitrogen and oxygen atoms in total. The van der Waals surface area contributed by atoms with Crippen LogP contribution in [0.15, 0.2) is 0 Å². The van der Waals surface area contributed by atoms with Gasteiger partial charge < -0.3 is 5.73 Å². The lowest BCUT2D eigenvalue weighted by Crippen LogP contribution is -2.24. The van der Waals surface area contributed by atoms with Crippen LogP contribution in [0.4, 0.5) is 0 Å². The van der Waals surface area contributed by atoms with Crippen molar-refractivity contribution in [1.82, 2.24) is 0 Å². The summed E-state index contributed by atoms with van der Waals surface area (Å²) in [7, 11) is 0. The normalized spacial score (nSPS) is 13.0. The van der Waals surface area contributed by atoms with Gasteiger partial charge >= 0.3 is 0 Å². The molecule has 0 aliphatic heterocycles. The fourth-order valence-corrected chi connectivity index (χ4v) is 2.12. The van der Waals surface area contributed by atoms with E-state index in [9.17, 15) is 4.79 Å². The van der Waals surface area contributed by atoms with Crippen LogP contribution in [0.5, 0.6) is 0 Å². The molecule has 1 unspecified atom stereocenters. The predicted molar refractivity (Wildman–Crippen MR) is 70.1 cm³/mol. The number of hydrogen-bond donors (Lipinski definition) is 1. The summed E-state index contributed by atoms with van der Waals surface area (Å²) in [6.45, 7) is 6.53. The van der Waals surface area contributed by atoms with E-state index in [1.165, 1.54) is 32.1 Å². The smallest absolute Gasteiger partial charge is 0.220 e. The fraction of sp³-hybridized carbons (Fsp3) is 0.929. The molecule has 0 saturated heterocycles. The molecule has 0 aliphatic carbocycles. The molecule has 0 heterocycles. The molecule has 0 spiro atoms. The average molecular weight is 227 g/mol. The van der Waals surface area contributed by atoms with Gasteiger partial charge in [0.15, 0.2) is 0 Å². The van der Waals surface area contributed by atoms with E-state index in [1.54, 1.807) is 0 Å². The lowest BCUT2D eigenvalue weighted by molar-refractivity contribution is -0.122. The molecule has 1 atom stereocenters. The molecular formula is C14H29NO. The number of primary amides is 1. The second kappa shape index (κ2) is 9.68. The summed E-state index contributed by atoms with van der Waals surface area (Å²) < 4.78 is 0. The first-order chi connectivity index (χ1) is 7.57. The van der Waals surface area contributed by atoms with Crippen molar-refractivity contribution in [2.24, 2.45) is 17.6 Å². The first-order valence-corrected chi connectivity index (χ1v) is 6.87. The molecular weight excluding hydrogens is 198 g/mol. The zero-order valence-corrected chi connectivity index (χ0v) is 11.3. The summed E-state index contributed by atoms with van der Waals surface area (Å²) in [5, 5.41) is 0. The number of amides is 1. The summed E-state index contributed by atoms with van der Waals surface area (Å²) in [6.07, 6.45) is 9.61. The van der Waals surface area contributed by atoms with E-state index in [-0.39, 0.29) is 11.8 Å². The van der Waals surface area contributed by atoms with Gasteiger partial charge in [0.2, 0.25) is 5.91 Å². The Morgan fingerprint density at radius 2 is 1.62 bits per heavy atom. The molecule has 0 aliphatic rings. The molecule has 2 heteroatoms. The van der Waals surface area contributed by atoms with Crippen LogP contribution in [-0.2, 0) is 4.79 Å². The molecule has 0 saturated carbocycles. The quantitative estimate of drug-likeness (QED) is 0.565. The van der Waals surface area contributed by atoms with Gasteiger partial charge in [0.1, 0.15) is 0 Å². The third-order valence-electron chi connectivity index (χ3n) is 3.06. The van der Waals surface area contributed by atoms with Gasteiger partial charge in [-0.15, -0.1) is 0 Å². The van der Waals surface area contributed by atoms with Crippen LogP contribution in [0.2, 0.25) is 0 Å². The molecule has 0 bridgehead atoms. The first-order valence-electron chi connectivity index (χ1n) is 6.87. The highest BCUT2D eigenvalue weighted by Gasteiger charge is 2.15. The van der Waals surface area contributed by atoms with Gasteiger partial charge in [-0.25, -0.2) is 0 Å². The number of carbonyl (C=O) groups excluding carboxylic acids is 1. The van der Waals surface area contributed by atoms with Crippen molar-refractivity contribution >= 4 is 5.91 Å². The molecule has 1 amide bonds. The maximum atomic E-state index is 11.2. The summed E-state index contributed by atoms with van der Waals surface area (Å²) in [4.78, 5) is 11.2. The van der Waals surface area contributed by atoms with E-state index in [0.717, 1.165) is 19.3 Å². The van der Waals surface area contributed by atoms with E-state index >= 15 is 0 Å². The molecule has 0 rings (SSSR count). The lowest BCUT2D eigenvalue weighted by atomic mass is 9.91. The second-order valence-electron chi connectivity index (χ2n) is 5.29. The molecule has 0 aromatic heterocycles. The zero-order chi connectivity index (χ0) is 12.4. The van der Waals surface area contributed by atoms with Crippen LogP contribution >= 0.6 is 0 Å². The summed E-state index contributed by atoms with van der Waals surface area (Å²) in [6, 6.07) is 0. The van der Waals surface area contributed by atoms with Gasteiger partial charge in [0, 0.05) is 5.92 Å². The van der Waals surface area contributed by atoms with E-state index < -0.39 is 0 Å². The van der Waals surface area contributed by atoms with Crippen molar-refractivity contribution in [2.75, 3.05) is 0 Å². The molecule has 2 N–H and O–H groups in total. The van der Waals surface area contributed by atoms with E-state index in [4.69, 9.17) is 5.73 Å². The fourth-order valence-electron chi connectivity index (χ4n) is 2.12. The molecule has 0 aromatic rings. The molecule has 16 heavy (non-hydrogen) atoms. The standard InChI is InChI=1S/C14H29NO/c1-4-5-6-7-8-9-10-13(14(15)16)11-12(2)3/h12-13H,4-11H2,1-3H3,(H2,15,16). The Morgan fingerprint density at radius 3 is 2.12 bits per heavy atom. The lowest BCUT2D eigenvalue weighted by Gasteiger charge is -2.15. The van der Waals surface area contributed by atoms with E-state index in [2.05, 4.69) is 20.8 Å². The largest absolute Gasteiger partial charge is 0.369 e. The van der Waals surface area contributed by atoms with Crippen LogP contribution in [0, 0.1) is 11.8 Å². The summed E-state index contributed by atoms with van der Waals surface area (Å²) in [5.74, 6) is 0.561. The molecule has 96 valence electrons. The van der Waals surface area contributed by atoms with Gasteiger partial charge in [-0.1, -0.05) is 59.3 Å². The van der Waals surface area contributed by atoms with E-state index in [0.29, 0.717) is 5.92 Å². The van der Waals surface area contributed by atoms with Crippen molar-refractivity contribution in [3.8, 4) is 0 Å². The maximum Gasteiger partial charge on any atom is 0.220 e. The average Bonchev–Trinajstić information content (AvgIpc) is 2.20. The SMILES string of the molecule is CCCCCCCCC(CC(C)C)C(N)=O. The number of hydrogen-bond acceptors (Lipinski definition) is 1. The first kappa shape index (κ1) is 15.5. The van der Waals surface area contributed by atoms with Gasteiger partial charge in [-0.05, 0) is 18.8 Å². The second-order valence-corrected chi connectivity index (χ2v) is 5.29. The molecule has 0 fully saturated rings. The predicted octanol–water partition coefficient (Wildman–Crippen LogP) is 3.88. The van der Waals surface area contributed by atoms with Crippen molar-refractivity contribution in [2.45, 2.75) is 72.1 Å². The number of unbranched alkanes of at least 4 members (excludes halogenated alkanes) is 5. The zero-order valence-electron chi connectivity index (χ0n) is 11.3. The molecule has 0 aromatic carbocycles. The number of rotatable bonds is 10. The third kappa shape index (κ3) is 8.75. The minimum absolute atomic E-state index is 0.103. The summed E-state index contributed by atoms with van der Waals surface area (Å²) in [5.41, 5.74) is 5.41. The number of carbonyl (C=O) groups is 1. The Morgan fingerprint density at radius 1 is 1.06 bits per heavy atom. The van der Waals surface area contributed by atoms with Crippen LogP contribution < -0.4 is 5.73 Å². The van der Waals surface area contributed by atoms with Gasteiger partial charge in [-0.2, -0.15) is 0 Å². The van der Waals surface area contributed by atoms with Crippen LogP contribution in [0.3, 0.4) is 0 Å². The van der Waals surface area contributed by atoms with Crippen molar-refractivity contribution < 1.29 is 4.79 Å². The Labute approximate surface area is 101 Å². The third-order valence-corrected chi connectivity index (χ3v) is 3.06. The monoisotopic (exact) mass is 227 g/mol. The van der Waals surface area contributed by atoms with Gasteiger partial charge in [-0.3, -0.25) is 4.79 Å². The van der Waals surface area contributed by atoms with Gasteiger partial charge in [0.25, 0.3) is 0 Å². The highest BCUT2D eigenvalue weighted by atomic mass is 16.1. The van der Waals surface area contributed by atoms with Gasteiger partial charge in [0.05, 0.1) is 0 Å². The molecule has 0 radical (unpaired) electrons. The maximum absolute atomic E-state index is 11.2. The minimum atomic E-state index is -0.109. The Balaban J connectivity index is 3.57. The van der Waals surface area contributed by atoms with E-state index in [1.807, 2.05) is 0 Å². The number of nitrogens with two attached hydrogens (primary N) is 1. The highest BCUT2D eigenvalue weighted by molar-refractivity contribution is 5.76. The van der Waals surface area contributed by atoms with Crippen molar-refractivity contribution in [3.63, 3.8) is 0 Å². The van der Waals surface area contributed by atoms with Crippen LogP contribution in [-0.4, -0.2) is 5.91 Å².